The van der Waals surface area contributed by atoms with Crippen LogP contribution in [0, 0.1) is 5.92 Å². The predicted octanol–water partition coefficient (Wildman–Crippen LogP) is 3.25. The van der Waals surface area contributed by atoms with Crippen molar-refractivity contribution in [1.29, 1.82) is 0 Å². The fourth-order valence-electron chi connectivity index (χ4n) is 2.14. The molecule has 21 heavy (non-hydrogen) atoms. The number of nitrogens with one attached hydrogen (secondary N) is 2. The quantitative estimate of drug-likeness (QED) is 0.900. The maximum absolute atomic E-state index is 12.6. The van der Waals surface area contributed by atoms with Gasteiger partial charge in [0, 0.05) is 25.4 Å². The van der Waals surface area contributed by atoms with Crippen molar-refractivity contribution in [3.05, 3.63) is 29.8 Å². The summed E-state index contributed by atoms with van der Waals surface area (Å²) in [6.07, 6.45) is -2.66. The van der Waals surface area contributed by atoms with Gasteiger partial charge in [0.25, 0.3) is 0 Å². The second kappa shape index (κ2) is 6.80. The van der Waals surface area contributed by atoms with Gasteiger partial charge in [0.15, 0.2) is 0 Å². The summed E-state index contributed by atoms with van der Waals surface area (Å²) in [5.41, 5.74) is -0.668. The van der Waals surface area contributed by atoms with Crippen LogP contribution in [0.2, 0.25) is 0 Å². The Balaban J connectivity index is 1.84. The standard InChI is InChI=1S/C14H17F3N2O2/c15-14(16,17)11-2-1-3-12(8-11)19-13(20)18-9-10-4-6-21-7-5-10/h1-3,8,10H,4-7,9H2,(H2,18,19,20). The largest absolute Gasteiger partial charge is 0.416 e. The molecule has 1 aromatic rings. The molecule has 0 saturated carbocycles. The summed E-state index contributed by atoms with van der Waals surface area (Å²) in [4.78, 5) is 11.7. The van der Waals surface area contributed by atoms with Crippen LogP contribution in [0.3, 0.4) is 0 Å². The van der Waals surface area contributed by atoms with Gasteiger partial charge < -0.3 is 15.4 Å². The molecule has 0 bridgehead atoms. The highest BCUT2D eigenvalue weighted by molar-refractivity contribution is 5.89. The van der Waals surface area contributed by atoms with Crippen LogP contribution in [-0.2, 0) is 10.9 Å². The predicted molar refractivity (Wildman–Crippen MR) is 72.0 cm³/mol. The summed E-state index contributed by atoms with van der Waals surface area (Å²) < 4.78 is 42.9. The van der Waals surface area contributed by atoms with E-state index in [2.05, 4.69) is 10.6 Å². The highest BCUT2D eigenvalue weighted by Crippen LogP contribution is 2.30. The van der Waals surface area contributed by atoms with Gasteiger partial charge in [-0.2, -0.15) is 13.2 Å². The first-order valence-electron chi connectivity index (χ1n) is 6.75. The number of ether oxygens (including phenoxy) is 1. The zero-order chi connectivity index (χ0) is 15.3. The van der Waals surface area contributed by atoms with E-state index in [1.54, 1.807) is 0 Å². The maximum atomic E-state index is 12.6. The van der Waals surface area contributed by atoms with Gasteiger partial charge in [0.1, 0.15) is 0 Å². The lowest BCUT2D eigenvalue weighted by Gasteiger charge is -2.22. The van der Waals surface area contributed by atoms with Crippen LogP contribution in [0.15, 0.2) is 24.3 Å². The first-order chi connectivity index (χ1) is 9.95. The van der Waals surface area contributed by atoms with E-state index < -0.39 is 17.8 Å². The minimum absolute atomic E-state index is 0.120. The number of anilines is 1. The van der Waals surface area contributed by atoms with Crippen molar-refractivity contribution < 1.29 is 22.7 Å². The Morgan fingerprint density at radius 2 is 2.00 bits per heavy atom. The van der Waals surface area contributed by atoms with Crippen LogP contribution in [0.25, 0.3) is 0 Å². The van der Waals surface area contributed by atoms with Gasteiger partial charge in [-0.25, -0.2) is 4.79 Å². The number of urea groups is 1. The summed E-state index contributed by atoms with van der Waals surface area (Å²) in [6, 6.07) is 4.06. The average Bonchev–Trinajstić information content (AvgIpc) is 2.46. The van der Waals surface area contributed by atoms with Crippen LogP contribution >= 0.6 is 0 Å². The van der Waals surface area contributed by atoms with E-state index in [0.717, 1.165) is 25.0 Å². The van der Waals surface area contributed by atoms with E-state index in [9.17, 15) is 18.0 Å². The van der Waals surface area contributed by atoms with Gasteiger partial charge in [0.05, 0.1) is 5.56 Å². The molecule has 1 heterocycles. The fourth-order valence-corrected chi connectivity index (χ4v) is 2.14. The molecule has 0 radical (unpaired) electrons. The number of carbonyl (C=O) groups is 1. The molecule has 1 aromatic carbocycles. The van der Waals surface area contributed by atoms with Gasteiger partial charge in [0.2, 0.25) is 0 Å². The zero-order valence-electron chi connectivity index (χ0n) is 11.4. The summed E-state index contributed by atoms with van der Waals surface area (Å²) in [5.74, 6) is 0.353. The van der Waals surface area contributed by atoms with Crippen molar-refractivity contribution in [3.63, 3.8) is 0 Å². The SMILES string of the molecule is O=C(NCC1CCOCC1)Nc1cccc(C(F)(F)F)c1. The van der Waals surface area contributed by atoms with E-state index in [0.29, 0.717) is 25.7 Å². The summed E-state index contributed by atoms with van der Waals surface area (Å²) >= 11 is 0. The smallest absolute Gasteiger partial charge is 0.381 e. The number of benzene rings is 1. The third-order valence-electron chi connectivity index (χ3n) is 3.34. The molecule has 2 N–H and O–H groups in total. The summed E-state index contributed by atoms with van der Waals surface area (Å²) in [6.45, 7) is 1.86. The minimum atomic E-state index is -4.42. The lowest BCUT2D eigenvalue weighted by Crippen LogP contribution is -2.35. The van der Waals surface area contributed by atoms with Crippen molar-refractivity contribution in [2.75, 3.05) is 25.1 Å². The fraction of sp³-hybridized carbons (Fsp3) is 0.500. The Morgan fingerprint density at radius 3 is 2.67 bits per heavy atom. The first kappa shape index (κ1) is 15.6. The second-order valence-electron chi connectivity index (χ2n) is 4.97. The third-order valence-corrected chi connectivity index (χ3v) is 3.34. The molecule has 0 aliphatic carbocycles. The van der Waals surface area contributed by atoms with E-state index in [1.807, 2.05) is 0 Å². The van der Waals surface area contributed by atoms with Gasteiger partial charge in [-0.3, -0.25) is 0 Å². The molecule has 2 rings (SSSR count). The Kier molecular flexibility index (Phi) is 5.06. The number of rotatable bonds is 3. The molecule has 7 heteroatoms. The molecule has 1 fully saturated rings. The second-order valence-corrected chi connectivity index (χ2v) is 4.97. The number of amides is 2. The molecule has 0 atom stereocenters. The molecule has 1 saturated heterocycles. The number of carbonyl (C=O) groups excluding carboxylic acids is 1. The number of hydrogen-bond acceptors (Lipinski definition) is 2. The molecule has 1 aliphatic rings. The van der Waals surface area contributed by atoms with E-state index in [1.165, 1.54) is 12.1 Å². The van der Waals surface area contributed by atoms with Crippen molar-refractivity contribution in [1.82, 2.24) is 5.32 Å². The lowest BCUT2D eigenvalue weighted by molar-refractivity contribution is -0.137. The summed E-state index contributed by atoms with van der Waals surface area (Å²) in [5, 5.41) is 5.08. The first-order valence-corrected chi connectivity index (χ1v) is 6.75. The highest BCUT2D eigenvalue weighted by Gasteiger charge is 2.30. The Hall–Kier alpha value is -1.76. The molecule has 0 unspecified atom stereocenters. The minimum Gasteiger partial charge on any atom is -0.381 e. The molecule has 116 valence electrons. The van der Waals surface area contributed by atoms with Crippen LogP contribution in [-0.4, -0.2) is 25.8 Å². The Bertz CT molecular complexity index is 485. The van der Waals surface area contributed by atoms with Gasteiger partial charge in [-0.1, -0.05) is 6.07 Å². The lowest BCUT2D eigenvalue weighted by atomic mass is 10.0. The van der Waals surface area contributed by atoms with Crippen LogP contribution in [0.1, 0.15) is 18.4 Å². The Morgan fingerprint density at radius 1 is 1.29 bits per heavy atom. The number of halogens is 3. The van der Waals surface area contributed by atoms with E-state index in [4.69, 9.17) is 4.74 Å². The third kappa shape index (κ3) is 4.93. The zero-order valence-corrected chi connectivity index (χ0v) is 11.4. The topological polar surface area (TPSA) is 50.4 Å². The maximum Gasteiger partial charge on any atom is 0.416 e. The molecule has 0 spiro atoms. The molecule has 4 nitrogen and oxygen atoms in total. The highest BCUT2D eigenvalue weighted by atomic mass is 19.4. The van der Waals surface area contributed by atoms with Crippen LogP contribution in [0.5, 0.6) is 0 Å². The van der Waals surface area contributed by atoms with Crippen molar-refractivity contribution >= 4 is 11.7 Å². The van der Waals surface area contributed by atoms with Gasteiger partial charge in [-0.15, -0.1) is 0 Å². The molecular formula is C14H17F3N2O2. The number of alkyl halides is 3. The van der Waals surface area contributed by atoms with E-state index >= 15 is 0 Å². The van der Waals surface area contributed by atoms with Crippen LogP contribution in [0.4, 0.5) is 23.7 Å². The van der Waals surface area contributed by atoms with Gasteiger partial charge >= 0.3 is 12.2 Å². The Labute approximate surface area is 120 Å². The van der Waals surface area contributed by atoms with Crippen molar-refractivity contribution in [3.8, 4) is 0 Å². The van der Waals surface area contributed by atoms with Crippen LogP contribution < -0.4 is 10.6 Å². The molecule has 2 amide bonds. The molecular weight excluding hydrogens is 285 g/mol. The molecule has 1 aliphatic heterocycles. The van der Waals surface area contributed by atoms with Crippen molar-refractivity contribution in [2.24, 2.45) is 5.92 Å². The average molecular weight is 302 g/mol. The monoisotopic (exact) mass is 302 g/mol. The summed E-state index contributed by atoms with van der Waals surface area (Å²) in [7, 11) is 0. The van der Waals surface area contributed by atoms with Gasteiger partial charge in [-0.05, 0) is 37.0 Å². The molecule has 0 aromatic heterocycles. The van der Waals surface area contributed by atoms with E-state index in [-0.39, 0.29) is 5.69 Å². The number of hydrogen-bond donors (Lipinski definition) is 2. The normalized spacial score (nSPS) is 16.5. The van der Waals surface area contributed by atoms with Crippen molar-refractivity contribution in [2.45, 2.75) is 19.0 Å².